The van der Waals surface area contributed by atoms with Crippen molar-refractivity contribution in [2.45, 2.75) is 71.1 Å². The van der Waals surface area contributed by atoms with E-state index in [1.807, 2.05) is 66.9 Å². The summed E-state index contributed by atoms with van der Waals surface area (Å²) in [6.45, 7) is 10.1. The number of hydrogen-bond donors (Lipinski definition) is 2. The van der Waals surface area contributed by atoms with Crippen LogP contribution >= 0.6 is 0 Å². The maximum atomic E-state index is 14.4. The number of carbonyl (C=O) groups excluding carboxylic acids is 1. The number of fused-ring (bicyclic) bond motifs is 2. The molecule has 2 N–H and O–H groups in total. The Kier molecular flexibility index (Phi) is 9.06. The van der Waals surface area contributed by atoms with Crippen LogP contribution in [0.2, 0.25) is 0 Å². The fourth-order valence-electron chi connectivity index (χ4n) is 7.86. The van der Waals surface area contributed by atoms with Crippen molar-refractivity contribution in [3.8, 4) is 16.8 Å². The van der Waals surface area contributed by atoms with Crippen LogP contribution in [0.5, 0.6) is 0 Å². The van der Waals surface area contributed by atoms with Gasteiger partial charge in [0.1, 0.15) is 11.3 Å². The van der Waals surface area contributed by atoms with Crippen LogP contribution in [0.25, 0.3) is 33.5 Å². The van der Waals surface area contributed by atoms with E-state index in [0.717, 1.165) is 54.1 Å². The molecule has 8 rings (SSSR count). The van der Waals surface area contributed by atoms with Crippen LogP contribution < -0.4 is 21.9 Å². The Labute approximate surface area is 302 Å². The highest BCUT2D eigenvalue weighted by molar-refractivity contribution is 5.93. The van der Waals surface area contributed by atoms with Gasteiger partial charge in [0.15, 0.2) is 5.65 Å². The lowest BCUT2D eigenvalue weighted by Crippen LogP contribution is -2.48. The van der Waals surface area contributed by atoms with Gasteiger partial charge < -0.3 is 15.0 Å². The van der Waals surface area contributed by atoms with Crippen LogP contribution in [0.1, 0.15) is 65.8 Å². The average Bonchev–Trinajstić information content (AvgIpc) is 3.57. The van der Waals surface area contributed by atoms with Crippen molar-refractivity contribution in [1.29, 1.82) is 0 Å². The third-order valence-electron chi connectivity index (χ3n) is 10.5. The van der Waals surface area contributed by atoms with E-state index in [2.05, 4.69) is 56.7 Å². The molecule has 0 bridgehead atoms. The minimum absolute atomic E-state index is 0.0823. The van der Waals surface area contributed by atoms with E-state index in [0.29, 0.717) is 54.1 Å². The lowest BCUT2D eigenvalue weighted by Gasteiger charge is -2.31. The number of carbonyl (C=O) groups is 1. The Morgan fingerprint density at radius 2 is 1.73 bits per heavy atom. The van der Waals surface area contributed by atoms with Gasteiger partial charge in [-0.2, -0.15) is 0 Å². The normalized spacial score (nSPS) is 19.6. The van der Waals surface area contributed by atoms with Gasteiger partial charge in [-0.15, -0.1) is 0 Å². The molecule has 0 unspecified atom stereocenters. The first-order chi connectivity index (χ1) is 25.2. The number of hydrogen-bond acceptors (Lipinski definition) is 7. The largest absolute Gasteiger partial charge is 0.348 e. The molecule has 0 radical (unpaired) electrons. The molecule has 0 spiro atoms. The zero-order valence-electron chi connectivity index (χ0n) is 29.9. The molecule has 1 aliphatic heterocycles. The van der Waals surface area contributed by atoms with E-state index in [1.54, 1.807) is 17.0 Å². The highest BCUT2D eigenvalue weighted by Gasteiger charge is 2.28. The molecule has 266 valence electrons. The highest BCUT2D eigenvalue weighted by atomic mass is 16.2. The van der Waals surface area contributed by atoms with Crippen molar-refractivity contribution in [3.05, 3.63) is 129 Å². The molecule has 6 aromatic rings. The van der Waals surface area contributed by atoms with Crippen molar-refractivity contribution in [2.24, 2.45) is 0 Å². The Bertz CT molecular complexity index is 2400. The standard InChI is InChI=1S/C41H44N8O3/c1-26-7-16-37-45-36(25-47(37)22-26)39(50)44-32-12-14-33(15-13-32)49-40(51)35-19-27(2)21-43-38(35)48(41(49)52)34-6-4-5-31(20-34)30-10-8-29(9-11-30)24-46-18-17-42-28(3)23-46/h4-11,16,19-22,25,28,32-33,42H,12-15,17-18,23-24H2,1-3H3,(H,44,50)/t28-,32?,33?/m0/s1. The minimum atomic E-state index is -0.404. The number of piperazine rings is 1. The van der Waals surface area contributed by atoms with E-state index >= 15 is 0 Å². The summed E-state index contributed by atoms with van der Waals surface area (Å²) in [4.78, 5) is 53.2. The van der Waals surface area contributed by atoms with Gasteiger partial charge in [-0.1, -0.05) is 42.5 Å². The summed E-state index contributed by atoms with van der Waals surface area (Å²) in [5, 5.41) is 7.05. The number of pyridine rings is 2. The summed E-state index contributed by atoms with van der Waals surface area (Å²) in [7, 11) is 0. The molecular weight excluding hydrogens is 653 g/mol. The van der Waals surface area contributed by atoms with Crippen LogP contribution in [0.3, 0.4) is 0 Å². The van der Waals surface area contributed by atoms with Crippen molar-refractivity contribution >= 4 is 22.6 Å². The number of imidazole rings is 1. The lowest BCUT2D eigenvalue weighted by molar-refractivity contribution is 0.0917. The minimum Gasteiger partial charge on any atom is -0.348 e. The molecule has 1 aliphatic carbocycles. The molecule has 2 aliphatic rings. The van der Waals surface area contributed by atoms with Crippen LogP contribution in [0.15, 0.2) is 94.9 Å². The molecule has 1 saturated carbocycles. The van der Waals surface area contributed by atoms with Gasteiger partial charge in [0, 0.05) is 62.9 Å². The smallest absolute Gasteiger partial charge is 0.337 e. The second kappa shape index (κ2) is 14.0. The average molecular weight is 697 g/mol. The van der Waals surface area contributed by atoms with E-state index in [1.165, 1.54) is 10.1 Å². The van der Waals surface area contributed by atoms with Crippen LogP contribution in [0.4, 0.5) is 0 Å². The predicted molar refractivity (Wildman–Crippen MR) is 203 cm³/mol. The molecule has 1 atom stereocenters. The predicted octanol–water partition coefficient (Wildman–Crippen LogP) is 5.19. The summed E-state index contributed by atoms with van der Waals surface area (Å²) in [5.41, 5.74) is 6.57. The van der Waals surface area contributed by atoms with Gasteiger partial charge in [0.2, 0.25) is 0 Å². The summed E-state index contributed by atoms with van der Waals surface area (Å²) in [6.07, 6.45) is 7.81. The fourth-order valence-corrected chi connectivity index (χ4v) is 7.86. The summed E-state index contributed by atoms with van der Waals surface area (Å²) in [6, 6.07) is 22.3. The maximum absolute atomic E-state index is 14.4. The van der Waals surface area contributed by atoms with Crippen LogP contribution in [0, 0.1) is 13.8 Å². The number of rotatable bonds is 7. The van der Waals surface area contributed by atoms with Crippen LogP contribution in [-0.4, -0.2) is 66.0 Å². The van der Waals surface area contributed by atoms with E-state index in [4.69, 9.17) is 0 Å². The first kappa shape index (κ1) is 33.7. The zero-order valence-corrected chi connectivity index (χ0v) is 29.9. The van der Waals surface area contributed by atoms with Gasteiger partial charge in [0.25, 0.3) is 11.5 Å². The SMILES string of the molecule is Cc1cnc2c(c1)c(=O)n(C1CCC(NC(=O)c3cn4cc(C)ccc4n3)CC1)c(=O)n2-c1cccc(-c2ccc(CN3CCN[C@@H](C)C3)cc2)c1. The van der Waals surface area contributed by atoms with Crippen molar-refractivity contribution < 1.29 is 4.79 Å². The molecule has 1 saturated heterocycles. The van der Waals surface area contributed by atoms with Crippen molar-refractivity contribution in [3.63, 3.8) is 0 Å². The van der Waals surface area contributed by atoms with Crippen molar-refractivity contribution in [2.75, 3.05) is 19.6 Å². The number of nitrogens with one attached hydrogen (secondary N) is 2. The van der Waals surface area contributed by atoms with Gasteiger partial charge in [-0.3, -0.25) is 19.1 Å². The molecule has 4 aromatic heterocycles. The summed E-state index contributed by atoms with van der Waals surface area (Å²) < 4.78 is 4.86. The van der Waals surface area contributed by atoms with Crippen LogP contribution in [-0.2, 0) is 6.54 Å². The Morgan fingerprint density at radius 1 is 0.923 bits per heavy atom. The van der Waals surface area contributed by atoms with E-state index in [9.17, 15) is 14.4 Å². The molecule has 11 nitrogen and oxygen atoms in total. The van der Waals surface area contributed by atoms with E-state index in [-0.39, 0.29) is 23.6 Å². The van der Waals surface area contributed by atoms with Gasteiger partial charge in [0.05, 0.1) is 11.1 Å². The Hall–Kier alpha value is -5.39. The second-order valence-electron chi connectivity index (χ2n) is 14.6. The third kappa shape index (κ3) is 6.69. The number of amides is 1. The highest BCUT2D eigenvalue weighted by Crippen LogP contribution is 2.29. The first-order valence-corrected chi connectivity index (χ1v) is 18.3. The van der Waals surface area contributed by atoms with Crippen molar-refractivity contribution in [1.82, 2.24) is 39.0 Å². The maximum Gasteiger partial charge on any atom is 0.337 e. The summed E-state index contributed by atoms with van der Waals surface area (Å²) >= 11 is 0. The molecule has 2 fully saturated rings. The quantitative estimate of drug-likeness (QED) is 0.236. The third-order valence-corrected chi connectivity index (χ3v) is 10.5. The first-order valence-electron chi connectivity index (χ1n) is 18.3. The molecular formula is C41H44N8O3. The molecule has 11 heteroatoms. The lowest BCUT2D eigenvalue weighted by atomic mass is 9.90. The number of nitrogens with zero attached hydrogens (tertiary/aromatic N) is 6. The molecule has 52 heavy (non-hydrogen) atoms. The number of aryl methyl sites for hydroxylation is 2. The van der Waals surface area contributed by atoms with Gasteiger partial charge in [-0.05, 0) is 98.5 Å². The van der Waals surface area contributed by atoms with Gasteiger partial charge >= 0.3 is 5.69 Å². The Morgan fingerprint density at radius 3 is 2.52 bits per heavy atom. The fraction of sp³-hybridized carbons (Fsp3) is 0.341. The Balaban J connectivity index is 1.05. The zero-order chi connectivity index (χ0) is 35.9. The number of benzene rings is 2. The van der Waals surface area contributed by atoms with Gasteiger partial charge in [-0.25, -0.2) is 19.3 Å². The summed E-state index contributed by atoms with van der Waals surface area (Å²) in [5.74, 6) is -0.222. The van der Waals surface area contributed by atoms with E-state index < -0.39 is 5.69 Å². The monoisotopic (exact) mass is 696 g/mol. The molecule has 5 heterocycles. The molecule has 1 amide bonds. The topological polar surface area (TPSA) is 119 Å². The molecule has 2 aromatic carbocycles. The second-order valence-corrected chi connectivity index (χ2v) is 14.6. The number of aromatic nitrogens is 5.